The van der Waals surface area contributed by atoms with Gasteiger partial charge in [-0.15, -0.1) is 0 Å². The van der Waals surface area contributed by atoms with Crippen LogP contribution in [0.2, 0.25) is 0 Å². The van der Waals surface area contributed by atoms with E-state index in [4.69, 9.17) is 4.74 Å². The molecule has 5 heteroatoms. The lowest BCUT2D eigenvalue weighted by molar-refractivity contribution is -0.156. The van der Waals surface area contributed by atoms with Crippen LogP contribution in [0, 0.1) is 5.92 Å². The molecule has 1 saturated carbocycles. The van der Waals surface area contributed by atoms with Gasteiger partial charge in [0.05, 0.1) is 6.54 Å². The fourth-order valence-corrected chi connectivity index (χ4v) is 3.50. The lowest BCUT2D eigenvalue weighted by atomic mass is 10.0. The van der Waals surface area contributed by atoms with Gasteiger partial charge < -0.3 is 9.64 Å². The Morgan fingerprint density at radius 2 is 1.65 bits per heavy atom. The normalized spacial score (nSPS) is 20.7. The third kappa shape index (κ3) is 6.50. The van der Waals surface area contributed by atoms with Gasteiger partial charge in [0.2, 0.25) is 5.91 Å². The Morgan fingerprint density at radius 3 is 2.22 bits per heavy atom. The van der Waals surface area contributed by atoms with E-state index in [1.807, 2.05) is 25.7 Å². The molecule has 0 atom stereocenters. The van der Waals surface area contributed by atoms with Crippen LogP contribution in [0.25, 0.3) is 0 Å². The first kappa shape index (κ1) is 18.2. The fourth-order valence-electron chi connectivity index (χ4n) is 3.50. The molecule has 1 saturated heterocycles. The number of carbonyl (C=O) groups excluding carboxylic acids is 2. The van der Waals surface area contributed by atoms with Gasteiger partial charge in [-0.1, -0.05) is 25.7 Å². The summed E-state index contributed by atoms with van der Waals surface area (Å²) in [5.74, 6) is 0.875. The molecular weight excluding hydrogens is 292 g/mol. The summed E-state index contributed by atoms with van der Waals surface area (Å²) < 4.78 is 5.35. The summed E-state index contributed by atoms with van der Waals surface area (Å²) in [4.78, 5) is 28.2. The van der Waals surface area contributed by atoms with Crippen LogP contribution in [0.4, 0.5) is 0 Å². The summed E-state index contributed by atoms with van der Waals surface area (Å²) in [5.41, 5.74) is -0.435. The van der Waals surface area contributed by atoms with E-state index in [2.05, 4.69) is 4.90 Å². The molecule has 0 spiro atoms. The number of hydrogen-bond acceptors (Lipinski definition) is 4. The molecule has 0 aromatic carbocycles. The second-order valence-electron chi connectivity index (χ2n) is 7.93. The predicted octanol–water partition coefficient (Wildman–Crippen LogP) is 2.44. The van der Waals surface area contributed by atoms with Gasteiger partial charge in [-0.25, -0.2) is 0 Å². The molecule has 23 heavy (non-hydrogen) atoms. The Kier molecular flexibility index (Phi) is 6.45. The van der Waals surface area contributed by atoms with Gasteiger partial charge in [0, 0.05) is 32.6 Å². The predicted molar refractivity (Wildman–Crippen MR) is 90.1 cm³/mol. The van der Waals surface area contributed by atoms with Gasteiger partial charge in [0.15, 0.2) is 0 Å². The van der Waals surface area contributed by atoms with Crippen molar-refractivity contribution in [3.63, 3.8) is 0 Å². The van der Waals surface area contributed by atoms with Crippen molar-refractivity contribution in [2.75, 3.05) is 32.7 Å². The van der Waals surface area contributed by atoms with Crippen LogP contribution in [-0.4, -0.2) is 60.0 Å². The maximum absolute atomic E-state index is 12.3. The maximum Gasteiger partial charge on any atom is 0.320 e. The number of piperazine rings is 1. The minimum absolute atomic E-state index is 0.182. The first-order valence-corrected chi connectivity index (χ1v) is 9.05. The molecule has 5 nitrogen and oxygen atoms in total. The van der Waals surface area contributed by atoms with Gasteiger partial charge in [0.25, 0.3) is 0 Å². The number of nitrogens with zero attached hydrogens (tertiary/aromatic N) is 2. The monoisotopic (exact) mass is 324 g/mol. The molecule has 132 valence electrons. The van der Waals surface area contributed by atoms with Gasteiger partial charge in [-0.2, -0.15) is 0 Å². The molecule has 0 bridgehead atoms. The molecule has 1 heterocycles. The minimum atomic E-state index is -0.435. The Morgan fingerprint density at radius 1 is 1.04 bits per heavy atom. The summed E-state index contributed by atoms with van der Waals surface area (Å²) in [5, 5.41) is 0. The van der Waals surface area contributed by atoms with Crippen LogP contribution < -0.4 is 0 Å². The topological polar surface area (TPSA) is 49.9 Å². The van der Waals surface area contributed by atoms with E-state index in [1.165, 1.54) is 25.7 Å². The zero-order valence-corrected chi connectivity index (χ0v) is 15.0. The summed E-state index contributed by atoms with van der Waals surface area (Å²) in [6.07, 6.45) is 7.02. The zero-order valence-electron chi connectivity index (χ0n) is 15.0. The molecule has 1 aliphatic heterocycles. The Labute approximate surface area is 140 Å². The van der Waals surface area contributed by atoms with E-state index < -0.39 is 5.60 Å². The fraction of sp³-hybridized carbons (Fsp3) is 0.889. The molecule has 2 fully saturated rings. The summed E-state index contributed by atoms with van der Waals surface area (Å²) in [7, 11) is 0. The van der Waals surface area contributed by atoms with E-state index in [0.717, 1.165) is 38.5 Å². The van der Waals surface area contributed by atoms with Crippen molar-refractivity contribution >= 4 is 11.9 Å². The maximum atomic E-state index is 12.3. The van der Waals surface area contributed by atoms with Crippen molar-refractivity contribution in [3.8, 4) is 0 Å². The minimum Gasteiger partial charge on any atom is -0.459 e. The van der Waals surface area contributed by atoms with Crippen molar-refractivity contribution < 1.29 is 14.3 Å². The van der Waals surface area contributed by atoms with E-state index in [9.17, 15) is 9.59 Å². The molecule has 1 amide bonds. The number of esters is 1. The summed E-state index contributed by atoms with van der Waals surface area (Å²) >= 11 is 0. The molecule has 2 rings (SSSR count). The van der Waals surface area contributed by atoms with Crippen molar-refractivity contribution in [2.45, 2.75) is 64.9 Å². The molecule has 2 aliphatic rings. The number of amides is 1. The highest BCUT2D eigenvalue weighted by Crippen LogP contribution is 2.28. The van der Waals surface area contributed by atoms with Crippen molar-refractivity contribution in [1.82, 2.24) is 9.80 Å². The zero-order chi connectivity index (χ0) is 16.9. The van der Waals surface area contributed by atoms with Gasteiger partial charge in [-0.3, -0.25) is 14.5 Å². The smallest absolute Gasteiger partial charge is 0.320 e. The van der Waals surface area contributed by atoms with Crippen molar-refractivity contribution in [1.29, 1.82) is 0 Å². The highest BCUT2D eigenvalue weighted by Gasteiger charge is 2.25. The lowest BCUT2D eigenvalue weighted by Crippen LogP contribution is -2.50. The first-order chi connectivity index (χ1) is 10.8. The Bertz CT molecular complexity index is 403. The lowest BCUT2D eigenvalue weighted by Gasteiger charge is -2.34. The average Bonchev–Trinajstić information content (AvgIpc) is 2.96. The Hall–Kier alpha value is -1.10. The molecular formula is C18H32N2O3. The highest BCUT2D eigenvalue weighted by atomic mass is 16.6. The second kappa shape index (κ2) is 8.13. The summed E-state index contributed by atoms with van der Waals surface area (Å²) in [6, 6.07) is 0. The van der Waals surface area contributed by atoms with Crippen LogP contribution in [0.15, 0.2) is 0 Å². The summed E-state index contributed by atoms with van der Waals surface area (Å²) in [6.45, 7) is 8.94. The molecule has 0 N–H and O–H groups in total. The quantitative estimate of drug-likeness (QED) is 0.729. The number of hydrogen-bond donors (Lipinski definition) is 0. The van der Waals surface area contributed by atoms with Crippen molar-refractivity contribution in [2.24, 2.45) is 5.92 Å². The second-order valence-corrected chi connectivity index (χ2v) is 7.93. The van der Waals surface area contributed by atoms with E-state index in [1.54, 1.807) is 0 Å². The third-order valence-electron chi connectivity index (χ3n) is 4.74. The van der Waals surface area contributed by atoms with E-state index in [0.29, 0.717) is 13.0 Å². The molecule has 0 aromatic rings. The average molecular weight is 324 g/mol. The van der Waals surface area contributed by atoms with Gasteiger partial charge >= 0.3 is 5.97 Å². The highest BCUT2D eigenvalue weighted by molar-refractivity contribution is 5.76. The van der Waals surface area contributed by atoms with E-state index >= 15 is 0 Å². The third-order valence-corrected chi connectivity index (χ3v) is 4.74. The van der Waals surface area contributed by atoms with Crippen LogP contribution in [0.1, 0.15) is 59.3 Å². The van der Waals surface area contributed by atoms with Gasteiger partial charge in [-0.05, 0) is 33.1 Å². The van der Waals surface area contributed by atoms with E-state index in [-0.39, 0.29) is 11.9 Å². The largest absolute Gasteiger partial charge is 0.459 e. The van der Waals surface area contributed by atoms with Crippen LogP contribution in [0.5, 0.6) is 0 Å². The van der Waals surface area contributed by atoms with Gasteiger partial charge in [0.1, 0.15) is 5.60 Å². The standard InChI is InChI=1S/C18H32N2O3/c1-18(2,3)23-17(22)14-19-10-12-20(13-11-19)16(21)9-8-15-6-4-5-7-15/h15H,4-14H2,1-3H3. The molecule has 0 unspecified atom stereocenters. The van der Waals surface area contributed by atoms with Crippen LogP contribution in [-0.2, 0) is 14.3 Å². The molecule has 0 radical (unpaired) electrons. The number of rotatable bonds is 5. The Balaban J connectivity index is 1.64. The number of ether oxygens (including phenoxy) is 1. The van der Waals surface area contributed by atoms with Crippen molar-refractivity contribution in [3.05, 3.63) is 0 Å². The SMILES string of the molecule is CC(C)(C)OC(=O)CN1CCN(C(=O)CCC2CCCC2)CC1. The van der Waals surface area contributed by atoms with Crippen LogP contribution >= 0.6 is 0 Å². The van der Waals surface area contributed by atoms with Crippen LogP contribution in [0.3, 0.4) is 0 Å². The molecule has 1 aliphatic carbocycles. The molecule has 0 aromatic heterocycles. The number of carbonyl (C=O) groups is 2. The first-order valence-electron chi connectivity index (χ1n) is 9.05.